The van der Waals surface area contributed by atoms with Gasteiger partial charge in [0.1, 0.15) is 18.1 Å². The Kier molecular flexibility index (Phi) is 10.5. The third kappa shape index (κ3) is 8.62. The summed E-state index contributed by atoms with van der Waals surface area (Å²) in [5, 5.41) is 24.2. The van der Waals surface area contributed by atoms with Crippen LogP contribution in [0.5, 0.6) is 5.75 Å². The molecule has 0 bridgehead atoms. The summed E-state index contributed by atoms with van der Waals surface area (Å²) in [5.41, 5.74) is 6.90. The van der Waals surface area contributed by atoms with E-state index in [4.69, 9.17) is 15.2 Å². The molecule has 1 fully saturated rings. The van der Waals surface area contributed by atoms with Gasteiger partial charge in [0.05, 0.1) is 24.9 Å². The minimum absolute atomic E-state index is 0.0134. The third-order valence-corrected chi connectivity index (χ3v) is 4.53. The molecule has 10 heteroatoms. The Morgan fingerprint density at radius 2 is 2.23 bits per heavy atom. The Balaban J connectivity index is 0.000000469. The normalized spacial score (nSPS) is 18.2. The number of aromatic nitrogens is 3. The fourth-order valence-electron chi connectivity index (χ4n) is 3.00. The van der Waals surface area contributed by atoms with Gasteiger partial charge in [0.25, 0.3) is 0 Å². The first-order chi connectivity index (χ1) is 14.5. The minimum Gasteiger partial charge on any atom is -0.487 e. The van der Waals surface area contributed by atoms with E-state index < -0.39 is 0 Å². The van der Waals surface area contributed by atoms with Gasteiger partial charge in [0, 0.05) is 31.7 Å². The van der Waals surface area contributed by atoms with Crippen LogP contribution in [-0.2, 0) is 24.4 Å². The average Bonchev–Trinajstić information content (AvgIpc) is 3.15. The highest BCUT2D eigenvalue weighted by Crippen LogP contribution is 2.19. The van der Waals surface area contributed by atoms with Crippen molar-refractivity contribution in [3.05, 3.63) is 41.7 Å². The number of benzene rings is 1. The van der Waals surface area contributed by atoms with Crippen molar-refractivity contribution in [2.75, 3.05) is 20.2 Å². The van der Waals surface area contributed by atoms with Crippen LogP contribution in [0.25, 0.3) is 0 Å². The summed E-state index contributed by atoms with van der Waals surface area (Å²) < 4.78 is 13.3. The number of nitrogens with one attached hydrogen (secondary N) is 2. The lowest BCUT2D eigenvalue weighted by molar-refractivity contribution is -0.0512. The van der Waals surface area contributed by atoms with Gasteiger partial charge in [-0.15, -0.1) is 5.10 Å². The molecule has 1 aliphatic heterocycles. The van der Waals surface area contributed by atoms with Crippen molar-refractivity contribution >= 4 is 17.3 Å². The number of rotatable bonds is 8. The van der Waals surface area contributed by atoms with Gasteiger partial charge >= 0.3 is 0 Å². The van der Waals surface area contributed by atoms with Crippen LogP contribution in [0, 0.1) is 0 Å². The SMILES string of the molecule is CCNC(N)=S.CNCc1ccccc1OCc1cn(CC2CC(O)CCO2)nn1. The molecule has 3 rings (SSSR count). The first-order valence-electron chi connectivity index (χ1n) is 10.1. The van der Waals surface area contributed by atoms with E-state index in [0.717, 1.165) is 30.1 Å². The van der Waals surface area contributed by atoms with E-state index in [-0.39, 0.29) is 12.2 Å². The highest BCUT2D eigenvalue weighted by atomic mass is 32.1. The third-order valence-electron chi connectivity index (χ3n) is 4.38. The van der Waals surface area contributed by atoms with Crippen LogP contribution < -0.4 is 21.1 Å². The zero-order valence-electron chi connectivity index (χ0n) is 17.6. The predicted octanol–water partition coefficient (Wildman–Crippen LogP) is 0.956. The van der Waals surface area contributed by atoms with Crippen molar-refractivity contribution in [1.29, 1.82) is 0 Å². The quantitative estimate of drug-likeness (QED) is 0.449. The Bertz CT molecular complexity index is 773. The molecule has 1 aromatic heterocycles. The molecular formula is C20H32N6O3S. The van der Waals surface area contributed by atoms with E-state index in [0.29, 0.717) is 37.7 Å². The Hall–Kier alpha value is -2.27. The molecule has 2 heterocycles. The van der Waals surface area contributed by atoms with E-state index in [1.165, 1.54) is 0 Å². The molecule has 1 aliphatic rings. The van der Waals surface area contributed by atoms with Gasteiger partial charge in [-0.3, -0.25) is 0 Å². The largest absolute Gasteiger partial charge is 0.487 e. The van der Waals surface area contributed by atoms with Crippen LogP contribution in [0.15, 0.2) is 30.5 Å². The van der Waals surface area contributed by atoms with Crippen LogP contribution in [0.2, 0.25) is 0 Å². The van der Waals surface area contributed by atoms with Gasteiger partial charge in [-0.25, -0.2) is 4.68 Å². The molecule has 9 nitrogen and oxygen atoms in total. The van der Waals surface area contributed by atoms with E-state index >= 15 is 0 Å². The topological polar surface area (TPSA) is 119 Å². The molecule has 0 radical (unpaired) electrons. The first kappa shape index (κ1) is 24.0. The zero-order chi connectivity index (χ0) is 21.8. The second-order valence-corrected chi connectivity index (χ2v) is 7.36. The molecule has 0 spiro atoms. The Labute approximate surface area is 182 Å². The van der Waals surface area contributed by atoms with Crippen LogP contribution in [0.3, 0.4) is 0 Å². The van der Waals surface area contributed by atoms with E-state index in [1.807, 2.05) is 44.4 Å². The average molecular weight is 437 g/mol. The van der Waals surface area contributed by atoms with Gasteiger partial charge in [-0.2, -0.15) is 0 Å². The Morgan fingerprint density at radius 3 is 2.90 bits per heavy atom. The van der Waals surface area contributed by atoms with Crippen molar-refractivity contribution in [2.24, 2.45) is 5.73 Å². The van der Waals surface area contributed by atoms with Crippen molar-refractivity contribution in [2.45, 2.75) is 51.7 Å². The molecule has 166 valence electrons. The maximum atomic E-state index is 9.69. The molecule has 2 unspecified atom stereocenters. The van der Waals surface area contributed by atoms with Gasteiger partial charge < -0.3 is 30.9 Å². The number of aliphatic hydroxyl groups is 1. The second-order valence-electron chi connectivity index (χ2n) is 6.92. The summed E-state index contributed by atoms with van der Waals surface area (Å²) >= 11 is 4.46. The predicted molar refractivity (Wildman–Crippen MR) is 119 cm³/mol. The molecule has 0 amide bonds. The fourth-order valence-corrected chi connectivity index (χ4v) is 3.14. The molecule has 0 saturated carbocycles. The van der Waals surface area contributed by atoms with Crippen molar-refractivity contribution in [3.8, 4) is 5.75 Å². The molecular weight excluding hydrogens is 404 g/mol. The van der Waals surface area contributed by atoms with E-state index in [9.17, 15) is 5.11 Å². The van der Waals surface area contributed by atoms with Crippen molar-refractivity contribution in [3.63, 3.8) is 0 Å². The molecule has 5 N–H and O–H groups in total. The van der Waals surface area contributed by atoms with Crippen LogP contribution >= 0.6 is 12.2 Å². The fraction of sp³-hybridized carbons (Fsp3) is 0.550. The number of hydrogen-bond donors (Lipinski definition) is 4. The van der Waals surface area contributed by atoms with Gasteiger partial charge in [-0.1, -0.05) is 23.4 Å². The van der Waals surface area contributed by atoms with Crippen molar-refractivity contribution in [1.82, 2.24) is 25.6 Å². The van der Waals surface area contributed by atoms with Crippen LogP contribution in [0.1, 0.15) is 31.0 Å². The van der Waals surface area contributed by atoms with Crippen LogP contribution in [0.4, 0.5) is 0 Å². The zero-order valence-corrected chi connectivity index (χ0v) is 18.4. The standard InChI is InChI=1S/C17H24N4O3.C3H8N2S/c1-18-9-13-4-2-3-5-17(13)24-12-14-10-21(20-19-14)11-16-8-15(22)6-7-23-16;1-2-5-3(4)6/h2-5,10,15-16,18,22H,6-9,11-12H2,1H3;2H2,1H3,(H3,4,5,6). The lowest BCUT2D eigenvalue weighted by atomic mass is 10.1. The Morgan fingerprint density at radius 1 is 1.43 bits per heavy atom. The number of para-hydroxylation sites is 1. The molecule has 1 saturated heterocycles. The number of thiocarbonyl (C=S) groups is 1. The minimum atomic E-state index is -0.279. The molecule has 0 aliphatic carbocycles. The molecule has 2 atom stereocenters. The second kappa shape index (κ2) is 13.1. The monoisotopic (exact) mass is 436 g/mol. The highest BCUT2D eigenvalue weighted by Gasteiger charge is 2.21. The summed E-state index contributed by atoms with van der Waals surface area (Å²) in [5.74, 6) is 0.847. The summed E-state index contributed by atoms with van der Waals surface area (Å²) in [7, 11) is 1.91. The summed E-state index contributed by atoms with van der Waals surface area (Å²) in [6, 6.07) is 7.94. The summed E-state index contributed by atoms with van der Waals surface area (Å²) in [6.45, 7) is 5.08. The van der Waals surface area contributed by atoms with Crippen LogP contribution in [-0.4, -0.2) is 57.6 Å². The van der Waals surface area contributed by atoms with Crippen molar-refractivity contribution < 1.29 is 14.6 Å². The maximum Gasteiger partial charge on any atom is 0.163 e. The molecule has 2 aromatic rings. The molecule has 30 heavy (non-hydrogen) atoms. The van der Waals surface area contributed by atoms with Gasteiger partial charge in [0.2, 0.25) is 0 Å². The summed E-state index contributed by atoms with van der Waals surface area (Å²) in [6.07, 6.45) is 2.92. The number of hydrogen-bond acceptors (Lipinski definition) is 7. The van der Waals surface area contributed by atoms with Gasteiger partial charge in [-0.05, 0) is 38.7 Å². The lowest BCUT2D eigenvalue weighted by Crippen LogP contribution is -2.32. The van der Waals surface area contributed by atoms with Gasteiger partial charge in [0.15, 0.2) is 5.11 Å². The smallest absolute Gasteiger partial charge is 0.163 e. The highest BCUT2D eigenvalue weighted by molar-refractivity contribution is 7.80. The maximum absolute atomic E-state index is 9.69. The number of nitrogens with zero attached hydrogens (tertiary/aromatic N) is 3. The number of nitrogens with two attached hydrogens (primary N) is 1. The lowest BCUT2D eigenvalue weighted by Gasteiger charge is -2.26. The van der Waals surface area contributed by atoms with E-state index in [2.05, 4.69) is 33.2 Å². The first-order valence-corrected chi connectivity index (χ1v) is 10.5. The number of aliphatic hydroxyl groups excluding tert-OH is 1. The molecule has 1 aromatic carbocycles. The summed E-state index contributed by atoms with van der Waals surface area (Å²) in [4.78, 5) is 0. The number of ether oxygens (including phenoxy) is 2. The van der Waals surface area contributed by atoms with E-state index in [1.54, 1.807) is 4.68 Å².